The van der Waals surface area contributed by atoms with Gasteiger partial charge < -0.3 is 0 Å². The average Bonchev–Trinajstić information content (AvgIpc) is 3.06. The molecule has 3 rings (SSSR count). The van der Waals surface area contributed by atoms with Crippen LogP contribution in [0.25, 0.3) is 10.2 Å². The van der Waals surface area contributed by atoms with Gasteiger partial charge in [-0.05, 0) is 43.0 Å². The number of halogens is 1. The summed E-state index contributed by atoms with van der Waals surface area (Å²) in [5.41, 5.74) is 1.50. The normalized spacial score (nSPS) is 15.1. The number of hydrogen-bond acceptors (Lipinski definition) is 4. The van der Waals surface area contributed by atoms with E-state index in [9.17, 15) is 4.79 Å². The van der Waals surface area contributed by atoms with Crippen molar-refractivity contribution in [1.82, 2.24) is 9.71 Å². The monoisotopic (exact) mass is 284 g/mol. The zero-order chi connectivity index (χ0) is 11.8. The first-order valence-electron chi connectivity index (χ1n) is 5.24. The minimum Gasteiger partial charge on any atom is -0.296 e. The molecule has 88 valence electrons. The molecule has 0 aliphatic heterocycles. The van der Waals surface area contributed by atoms with Crippen LogP contribution in [0.2, 0.25) is 4.47 Å². The van der Waals surface area contributed by atoms with E-state index in [1.54, 1.807) is 6.07 Å². The maximum atomic E-state index is 11.8. The van der Waals surface area contributed by atoms with Crippen LogP contribution in [0.15, 0.2) is 18.2 Å². The largest absolute Gasteiger partial charge is 0.296 e. The van der Waals surface area contributed by atoms with E-state index in [1.165, 1.54) is 36.1 Å². The van der Waals surface area contributed by atoms with Crippen molar-refractivity contribution in [3.63, 3.8) is 0 Å². The lowest BCUT2D eigenvalue weighted by Gasteiger charge is -2.02. The van der Waals surface area contributed by atoms with Crippen LogP contribution in [0.4, 0.5) is 0 Å². The molecule has 1 fully saturated rings. The number of rotatable bonds is 3. The second-order valence-electron chi connectivity index (χ2n) is 3.90. The van der Waals surface area contributed by atoms with Crippen LogP contribution >= 0.6 is 34.9 Å². The first kappa shape index (κ1) is 11.3. The predicted molar refractivity (Wildman–Crippen MR) is 72.7 cm³/mol. The smallest absolute Gasteiger partial charge is 0.261 e. The maximum Gasteiger partial charge on any atom is 0.261 e. The van der Waals surface area contributed by atoms with Crippen molar-refractivity contribution in [3.8, 4) is 0 Å². The van der Waals surface area contributed by atoms with Crippen LogP contribution in [0.1, 0.15) is 23.2 Å². The number of fused-ring (bicyclic) bond motifs is 1. The average molecular weight is 285 g/mol. The van der Waals surface area contributed by atoms with E-state index in [0.717, 1.165) is 10.2 Å². The zero-order valence-corrected chi connectivity index (χ0v) is 11.2. The van der Waals surface area contributed by atoms with Gasteiger partial charge in [-0.1, -0.05) is 11.6 Å². The highest BCUT2D eigenvalue weighted by molar-refractivity contribution is 7.98. The van der Waals surface area contributed by atoms with E-state index in [4.69, 9.17) is 11.6 Å². The lowest BCUT2D eigenvalue weighted by atomic mass is 10.2. The third kappa shape index (κ3) is 2.56. The van der Waals surface area contributed by atoms with Crippen LogP contribution in [-0.2, 0) is 0 Å². The molecule has 0 unspecified atom stereocenters. The number of nitrogens with zero attached hydrogens (tertiary/aromatic N) is 1. The van der Waals surface area contributed by atoms with Crippen molar-refractivity contribution in [2.24, 2.45) is 0 Å². The quantitative estimate of drug-likeness (QED) is 0.877. The molecule has 1 aliphatic carbocycles. The summed E-state index contributed by atoms with van der Waals surface area (Å²) in [5, 5.41) is 0.612. The summed E-state index contributed by atoms with van der Waals surface area (Å²) in [5.74, 6) is -0.0478. The van der Waals surface area contributed by atoms with Gasteiger partial charge in [0, 0.05) is 10.8 Å². The summed E-state index contributed by atoms with van der Waals surface area (Å²) in [6, 6.07) is 5.44. The summed E-state index contributed by atoms with van der Waals surface area (Å²) in [6.45, 7) is 0. The standard InChI is InChI=1S/C11H9ClN2OS2/c12-11-13-8-4-1-6(5-9(8)16-11)10(15)14-17-7-2-3-7/h1,4-5,7H,2-3H2,(H,14,15). The zero-order valence-electron chi connectivity index (χ0n) is 8.77. The second-order valence-corrected chi connectivity index (χ2v) is 6.62. The van der Waals surface area contributed by atoms with Crippen molar-refractivity contribution in [3.05, 3.63) is 28.2 Å². The van der Waals surface area contributed by atoms with Crippen LogP contribution in [0.5, 0.6) is 0 Å². The molecule has 3 nitrogen and oxygen atoms in total. The van der Waals surface area contributed by atoms with Gasteiger partial charge in [-0.3, -0.25) is 9.52 Å². The first-order chi connectivity index (χ1) is 8.22. The SMILES string of the molecule is O=C(NSC1CC1)c1ccc2nc(Cl)sc2c1. The summed E-state index contributed by atoms with van der Waals surface area (Å²) >= 11 is 8.73. The molecule has 1 saturated carbocycles. The number of carbonyl (C=O) groups excluding carboxylic acids is 1. The second kappa shape index (κ2) is 4.48. The van der Waals surface area contributed by atoms with Gasteiger partial charge >= 0.3 is 0 Å². The molecule has 1 aromatic carbocycles. The highest BCUT2D eigenvalue weighted by Crippen LogP contribution is 2.32. The Bertz CT molecular complexity index is 580. The van der Waals surface area contributed by atoms with Crippen molar-refractivity contribution < 1.29 is 4.79 Å². The molecule has 6 heteroatoms. The third-order valence-electron chi connectivity index (χ3n) is 2.47. The predicted octanol–water partition coefficient (Wildman–Crippen LogP) is 3.49. The summed E-state index contributed by atoms with van der Waals surface area (Å²) in [6.07, 6.45) is 2.41. The minimum atomic E-state index is -0.0478. The number of nitrogens with one attached hydrogen (secondary N) is 1. The van der Waals surface area contributed by atoms with E-state index in [1.807, 2.05) is 12.1 Å². The molecule has 0 spiro atoms. The molecule has 2 aromatic rings. The first-order valence-corrected chi connectivity index (χ1v) is 7.32. The van der Waals surface area contributed by atoms with Gasteiger partial charge in [-0.25, -0.2) is 4.98 Å². The molecular formula is C11H9ClN2OS2. The van der Waals surface area contributed by atoms with Crippen LogP contribution < -0.4 is 4.72 Å². The van der Waals surface area contributed by atoms with Crippen LogP contribution in [-0.4, -0.2) is 16.1 Å². The van der Waals surface area contributed by atoms with Crippen LogP contribution in [0, 0.1) is 0 Å². The van der Waals surface area contributed by atoms with E-state index >= 15 is 0 Å². The molecule has 0 atom stereocenters. The van der Waals surface area contributed by atoms with Crippen molar-refractivity contribution in [1.29, 1.82) is 0 Å². The molecule has 1 aliphatic rings. The number of hydrogen-bond donors (Lipinski definition) is 1. The van der Waals surface area contributed by atoms with E-state index in [0.29, 0.717) is 15.3 Å². The van der Waals surface area contributed by atoms with Gasteiger partial charge in [0.25, 0.3) is 5.91 Å². The molecule has 1 heterocycles. The van der Waals surface area contributed by atoms with E-state index in [-0.39, 0.29) is 5.91 Å². The number of amides is 1. The number of benzene rings is 1. The highest BCUT2D eigenvalue weighted by Gasteiger charge is 2.23. The Hall–Kier alpha value is -0.780. The topological polar surface area (TPSA) is 42.0 Å². The molecule has 17 heavy (non-hydrogen) atoms. The Morgan fingerprint density at radius 3 is 3.12 bits per heavy atom. The summed E-state index contributed by atoms with van der Waals surface area (Å²) < 4.78 is 4.31. The third-order valence-corrected chi connectivity index (χ3v) is 4.70. The van der Waals surface area contributed by atoms with Crippen molar-refractivity contribution >= 4 is 51.0 Å². The highest BCUT2D eigenvalue weighted by atomic mass is 35.5. The number of carbonyl (C=O) groups is 1. The van der Waals surface area contributed by atoms with Gasteiger partial charge in [0.15, 0.2) is 4.47 Å². The van der Waals surface area contributed by atoms with E-state index < -0.39 is 0 Å². The summed E-state index contributed by atoms with van der Waals surface area (Å²) in [7, 11) is 0. The fourth-order valence-corrected chi connectivity index (χ4v) is 3.25. The van der Waals surface area contributed by atoms with Crippen LogP contribution in [0.3, 0.4) is 0 Å². The molecule has 1 amide bonds. The molecular weight excluding hydrogens is 276 g/mol. The Kier molecular flexibility index (Phi) is 2.98. The molecule has 0 bridgehead atoms. The van der Waals surface area contributed by atoms with Gasteiger partial charge in [0.05, 0.1) is 10.2 Å². The Morgan fingerprint density at radius 2 is 2.35 bits per heavy atom. The fourth-order valence-electron chi connectivity index (χ4n) is 1.42. The molecule has 1 aromatic heterocycles. The molecule has 0 radical (unpaired) electrons. The van der Waals surface area contributed by atoms with Gasteiger partial charge in [-0.2, -0.15) is 0 Å². The van der Waals surface area contributed by atoms with Gasteiger partial charge in [0.1, 0.15) is 0 Å². The Morgan fingerprint density at radius 1 is 1.53 bits per heavy atom. The molecule has 0 saturated heterocycles. The van der Waals surface area contributed by atoms with Gasteiger partial charge in [0.2, 0.25) is 0 Å². The minimum absolute atomic E-state index is 0.0478. The Balaban J connectivity index is 1.80. The fraction of sp³-hybridized carbons (Fsp3) is 0.273. The summed E-state index contributed by atoms with van der Waals surface area (Å²) in [4.78, 5) is 16.0. The van der Waals surface area contributed by atoms with Crippen molar-refractivity contribution in [2.45, 2.75) is 18.1 Å². The number of aromatic nitrogens is 1. The maximum absolute atomic E-state index is 11.8. The van der Waals surface area contributed by atoms with E-state index in [2.05, 4.69) is 9.71 Å². The van der Waals surface area contributed by atoms with Gasteiger partial charge in [-0.15, -0.1) is 11.3 Å². The lowest BCUT2D eigenvalue weighted by Crippen LogP contribution is -2.16. The van der Waals surface area contributed by atoms with Crippen molar-refractivity contribution in [2.75, 3.05) is 0 Å². The lowest BCUT2D eigenvalue weighted by molar-refractivity contribution is 0.0984. The number of thiazole rings is 1. The molecule has 1 N–H and O–H groups in total. The Labute approximate surface area is 112 Å².